The summed E-state index contributed by atoms with van der Waals surface area (Å²) < 4.78 is 18.2. The van der Waals surface area contributed by atoms with Crippen molar-refractivity contribution in [3.8, 4) is 0 Å². The third kappa shape index (κ3) is 4.58. The number of nitrogens with zero attached hydrogens (tertiary/aromatic N) is 1. The summed E-state index contributed by atoms with van der Waals surface area (Å²) in [5, 5.41) is 11.8. The first-order valence-corrected chi connectivity index (χ1v) is 9.76. The number of halogens is 3. The van der Waals surface area contributed by atoms with Crippen LogP contribution in [-0.4, -0.2) is 22.7 Å². The zero-order chi connectivity index (χ0) is 20.3. The molecule has 0 saturated carbocycles. The number of aliphatic hydroxyl groups is 1. The van der Waals surface area contributed by atoms with Crippen molar-refractivity contribution < 1.29 is 19.0 Å². The van der Waals surface area contributed by atoms with E-state index in [1.165, 1.54) is 24.3 Å². The van der Waals surface area contributed by atoms with Gasteiger partial charge in [-0.1, -0.05) is 41.0 Å². The number of carbonyl (C=O) groups is 1. The molecule has 1 N–H and O–H groups in total. The summed E-state index contributed by atoms with van der Waals surface area (Å²) in [6, 6.07) is 10.4. The average Bonchev–Trinajstić information content (AvgIpc) is 2.95. The van der Waals surface area contributed by atoms with E-state index in [1.807, 2.05) is 0 Å². The molecule has 1 aliphatic heterocycles. The zero-order valence-corrected chi connectivity index (χ0v) is 16.9. The summed E-state index contributed by atoms with van der Waals surface area (Å²) in [4.78, 5) is 17.1. The first kappa shape index (κ1) is 20.5. The number of thioether (sulfide) groups is 1. The molecule has 0 radical (unpaired) electrons. The van der Waals surface area contributed by atoms with Crippen LogP contribution in [0.4, 0.5) is 10.1 Å². The number of aliphatic hydroxyl groups excluding tert-OH is 1. The topological polar surface area (TPSA) is 58.9 Å². The van der Waals surface area contributed by atoms with E-state index in [4.69, 9.17) is 27.9 Å². The highest BCUT2D eigenvalue weighted by Crippen LogP contribution is 2.41. The normalized spacial score (nSPS) is 16.9. The molecule has 28 heavy (non-hydrogen) atoms. The molecule has 2 aromatic rings. The number of ether oxygens (including phenoxy) is 1. The second-order valence-corrected chi connectivity index (χ2v) is 7.49. The van der Waals surface area contributed by atoms with Gasteiger partial charge in [-0.2, -0.15) is 0 Å². The van der Waals surface area contributed by atoms with E-state index >= 15 is 0 Å². The fourth-order valence-corrected chi connectivity index (χ4v) is 3.87. The molecule has 3 rings (SSSR count). The van der Waals surface area contributed by atoms with Crippen molar-refractivity contribution in [1.82, 2.24) is 0 Å². The van der Waals surface area contributed by atoms with E-state index in [0.717, 1.165) is 11.8 Å². The number of hydrogen-bond acceptors (Lipinski definition) is 5. The van der Waals surface area contributed by atoms with Gasteiger partial charge in [-0.3, -0.25) is 0 Å². The Morgan fingerprint density at radius 2 is 1.96 bits per heavy atom. The van der Waals surface area contributed by atoms with Crippen molar-refractivity contribution in [3.63, 3.8) is 0 Å². The number of hydrogen-bond donors (Lipinski definition) is 1. The number of rotatable bonds is 4. The lowest BCUT2D eigenvalue weighted by Gasteiger charge is -2.03. The number of benzene rings is 2. The van der Waals surface area contributed by atoms with Gasteiger partial charge in [0.25, 0.3) is 0 Å². The molecule has 0 unspecified atom stereocenters. The number of aliphatic imine (C=N–C) groups is 1. The molecular formula is C20H14Cl2FNO3S. The van der Waals surface area contributed by atoms with Crippen LogP contribution in [0.3, 0.4) is 0 Å². The first-order valence-electron chi connectivity index (χ1n) is 8.19. The Balaban J connectivity index is 2.05. The largest absolute Gasteiger partial charge is 0.506 e. The van der Waals surface area contributed by atoms with Crippen molar-refractivity contribution in [3.05, 3.63) is 80.1 Å². The lowest BCUT2D eigenvalue weighted by atomic mass is 10.1. The standard InChI is InChI=1S/C20H14Cl2FNO3S/c1-2-27-20(26)17-18(25)16(9-11-3-4-12(21)10-15(11)22)28-19(17)24-14-7-5-13(23)6-8-14/h3-10,25H,2H2,1H3. The van der Waals surface area contributed by atoms with Gasteiger partial charge in [-0.15, -0.1) is 0 Å². The molecule has 8 heteroatoms. The van der Waals surface area contributed by atoms with Gasteiger partial charge in [0.15, 0.2) is 0 Å². The van der Waals surface area contributed by atoms with Crippen molar-refractivity contribution in [1.29, 1.82) is 0 Å². The SMILES string of the molecule is CCOC(=O)C1=C(O)C(=Cc2ccc(Cl)cc2Cl)SC1=Nc1ccc(F)cc1. The van der Waals surface area contributed by atoms with Crippen LogP contribution < -0.4 is 0 Å². The van der Waals surface area contributed by atoms with Crippen LogP contribution in [-0.2, 0) is 9.53 Å². The minimum Gasteiger partial charge on any atom is -0.506 e. The van der Waals surface area contributed by atoms with Crippen LogP contribution in [0.15, 0.2) is 63.7 Å². The van der Waals surface area contributed by atoms with E-state index in [-0.39, 0.29) is 23.0 Å². The highest BCUT2D eigenvalue weighted by Gasteiger charge is 2.33. The van der Waals surface area contributed by atoms with E-state index in [9.17, 15) is 14.3 Å². The molecule has 1 heterocycles. The first-order chi connectivity index (χ1) is 13.4. The van der Waals surface area contributed by atoms with E-state index in [0.29, 0.717) is 26.2 Å². The minimum atomic E-state index is -0.695. The Morgan fingerprint density at radius 3 is 2.61 bits per heavy atom. The molecule has 0 atom stereocenters. The molecule has 2 aromatic carbocycles. The second-order valence-electron chi connectivity index (χ2n) is 5.61. The second kappa shape index (κ2) is 8.82. The van der Waals surface area contributed by atoms with Crippen LogP contribution in [0, 0.1) is 5.82 Å². The number of carbonyl (C=O) groups excluding carboxylic acids is 1. The Labute approximate surface area is 175 Å². The van der Waals surface area contributed by atoms with Gasteiger partial charge >= 0.3 is 5.97 Å². The van der Waals surface area contributed by atoms with Crippen LogP contribution >= 0.6 is 35.0 Å². The predicted molar refractivity (Wildman–Crippen MR) is 112 cm³/mol. The van der Waals surface area contributed by atoms with Crippen molar-refractivity contribution in [2.45, 2.75) is 6.92 Å². The quantitative estimate of drug-likeness (QED) is 0.567. The van der Waals surface area contributed by atoms with Crippen LogP contribution in [0.25, 0.3) is 6.08 Å². The lowest BCUT2D eigenvalue weighted by molar-refractivity contribution is -0.138. The predicted octanol–water partition coefficient (Wildman–Crippen LogP) is 6.33. The van der Waals surface area contributed by atoms with Gasteiger partial charge in [-0.05, 0) is 55.0 Å². The monoisotopic (exact) mass is 437 g/mol. The van der Waals surface area contributed by atoms with E-state index in [2.05, 4.69) is 4.99 Å². The average molecular weight is 438 g/mol. The molecule has 4 nitrogen and oxygen atoms in total. The maximum atomic E-state index is 13.1. The molecule has 0 amide bonds. The molecule has 0 spiro atoms. The zero-order valence-electron chi connectivity index (χ0n) is 14.6. The van der Waals surface area contributed by atoms with Crippen LogP contribution in [0.1, 0.15) is 12.5 Å². The highest BCUT2D eigenvalue weighted by atomic mass is 35.5. The molecule has 0 fully saturated rings. The molecular weight excluding hydrogens is 424 g/mol. The summed E-state index contributed by atoms with van der Waals surface area (Å²) in [6.45, 7) is 1.81. The summed E-state index contributed by atoms with van der Waals surface area (Å²) >= 11 is 13.2. The lowest BCUT2D eigenvalue weighted by Crippen LogP contribution is -2.12. The third-order valence-electron chi connectivity index (χ3n) is 3.68. The third-order valence-corrected chi connectivity index (χ3v) is 5.26. The molecule has 1 aliphatic rings. The fraction of sp³-hybridized carbons (Fsp3) is 0.100. The van der Waals surface area contributed by atoms with Gasteiger partial charge in [0, 0.05) is 10.0 Å². The summed E-state index contributed by atoms with van der Waals surface area (Å²) in [5.41, 5.74) is 1.00. The van der Waals surface area contributed by atoms with Gasteiger partial charge in [0.05, 0.1) is 17.2 Å². The maximum Gasteiger partial charge on any atom is 0.344 e. The van der Waals surface area contributed by atoms with Gasteiger partial charge in [-0.25, -0.2) is 14.2 Å². The molecule has 0 aromatic heterocycles. The Morgan fingerprint density at radius 1 is 1.25 bits per heavy atom. The smallest absolute Gasteiger partial charge is 0.344 e. The molecule has 144 valence electrons. The molecule has 0 aliphatic carbocycles. The minimum absolute atomic E-state index is 0.0486. The number of esters is 1. The van der Waals surface area contributed by atoms with Gasteiger partial charge in [0.1, 0.15) is 22.2 Å². The van der Waals surface area contributed by atoms with E-state index < -0.39 is 11.8 Å². The van der Waals surface area contributed by atoms with E-state index in [1.54, 1.807) is 31.2 Å². The summed E-state index contributed by atoms with van der Waals surface area (Å²) in [5.74, 6) is -1.35. The van der Waals surface area contributed by atoms with Gasteiger partial charge in [0.2, 0.25) is 0 Å². The molecule has 0 bridgehead atoms. The van der Waals surface area contributed by atoms with Gasteiger partial charge < -0.3 is 9.84 Å². The maximum absolute atomic E-state index is 13.1. The van der Waals surface area contributed by atoms with Crippen LogP contribution in [0.5, 0.6) is 0 Å². The van der Waals surface area contributed by atoms with Crippen molar-refractivity contribution in [2.24, 2.45) is 4.99 Å². The molecule has 0 saturated heterocycles. The Hall–Kier alpha value is -2.28. The summed E-state index contributed by atoms with van der Waals surface area (Å²) in [6.07, 6.45) is 1.63. The summed E-state index contributed by atoms with van der Waals surface area (Å²) in [7, 11) is 0. The van der Waals surface area contributed by atoms with Crippen molar-refractivity contribution in [2.75, 3.05) is 6.61 Å². The Bertz CT molecular complexity index is 1020. The van der Waals surface area contributed by atoms with Crippen LogP contribution in [0.2, 0.25) is 10.0 Å². The highest BCUT2D eigenvalue weighted by molar-refractivity contribution is 8.18. The fourth-order valence-electron chi connectivity index (χ4n) is 2.38. The Kier molecular flexibility index (Phi) is 6.44. The van der Waals surface area contributed by atoms with Crippen molar-refractivity contribution >= 4 is 57.7 Å².